The molecule has 0 saturated carbocycles. The van der Waals surface area contributed by atoms with Crippen molar-refractivity contribution < 1.29 is 9.90 Å². The van der Waals surface area contributed by atoms with Gasteiger partial charge in [0.05, 0.1) is 0 Å². The minimum atomic E-state index is -0.673. The molecule has 3 nitrogen and oxygen atoms in total. The van der Waals surface area contributed by atoms with Crippen molar-refractivity contribution in [2.24, 2.45) is 11.8 Å². The van der Waals surface area contributed by atoms with E-state index in [1.54, 1.807) is 0 Å². The van der Waals surface area contributed by atoms with Crippen molar-refractivity contribution in [2.75, 3.05) is 13.1 Å². The lowest BCUT2D eigenvalue weighted by atomic mass is 9.85. The molecule has 12 heavy (non-hydrogen) atoms. The van der Waals surface area contributed by atoms with Crippen LogP contribution in [0.25, 0.3) is 0 Å². The van der Waals surface area contributed by atoms with E-state index in [2.05, 4.69) is 5.32 Å². The zero-order valence-electron chi connectivity index (χ0n) is 7.55. The summed E-state index contributed by atoms with van der Waals surface area (Å²) in [6, 6.07) is 0. The maximum absolute atomic E-state index is 10.4. The van der Waals surface area contributed by atoms with Crippen LogP contribution in [0.4, 0.5) is 0 Å². The first-order chi connectivity index (χ1) is 5.70. The van der Waals surface area contributed by atoms with Crippen molar-refractivity contribution in [1.29, 1.82) is 0 Å². The van der Waals surface area contributed by atoms with Crippen LogP contribution >= 0.6 is 0 Å². The molecule has 2 atom stereocenters. The summed E-state index contributed by atoms with van der Waals surface area (Å²) >= 11 is 0. The van der Waals surface area contributed by atoms with E-state index < -0.39 is 5.97 Å². The zero-order valence-corrected chi connectivity index (χ0v) is 7.55. The first kappa shape index (κ1) is 9.52. The largest absolute Gasteiger partial charge is 0.481 e. The van der Waals surface area contributed by atoms with E-state index in [0.717, 1.165) is 13.1 Å². The number of piperidine rings is 1. The fourth-order valence-corrected chi connectivity index (χ4v) is 1.81. The summed E-state index contributed by atoms with van der Waals surface area (Å²) in [6.07, 6.45) is 2.68. The number of hydrogen-bond donors (Lipinski definition) is 2. The SMILES string of the molecule is C[C@H](CC(=O)O)[C@@H]1CCCNC1. The first-order valence-corrected chi connectivity index (χ1v) is 4.62. The molecule has 3 heteroatoms. The second kappa shape index (κ2) is 4.45. The second-order valence-corrected chi connectivity index (χ2v) is 3.68. The van der Waals surface area contributed by atoms with E-state index in [0.29, 0.717) is 18.3 Å². The molecule has 0 spiro atoms. The molecule has 1 saturated heterocycles. The van der Waals surface area contributed by atoms with Gasteiger partial charge in [-0.25, -0.2) is 0 Å². The third-order valence-electron chi connectivity index (χ3n) is 2.64. The molecule has 0 aromatic heterocycles. The van der Waals surface area contributed by atoms with Crippen molar-refractivity contribution in [2.45, 2.75) is 26.2 Å². The molecule has 1 fully saturated rings. The number of hydrogen-bond acceptors (Lipinski definition) is 2. The molecular weight excluding hydrogens is 154 g/mol. The highest BCUT2D eigenvalue weighted by molar-refractivity contribution is 5.66. The molecule has 1 aliphatic heterocycles. The molecule has 70 valence electrons. The Morgan fingerprint density at radius 2 is 2.50 bits per heavy atom. The third kappa shape index (κ3) is 2.81. The van der Waals surface area contributed by atoms with Crippen LogP contribution in [0.15, 0.2) is 0 Å². The Kier molecular flexibility index (Phi) is 3.53. The highest BCUT2D eigenvalue weighted by atomic mass is 16.4. The van der Waals surface area contributed by atoms with Gasteiger partial charge in [-0.05, 0) is 37.8 Å². The van der Waals surface area contributed by atoms with Gasteiger partial charge in [0.1, 0.15) is 0 Å². The molecule has 1 rings (SSSR count). The molecule has 0 bridgehead atoms. The summed E-state index contributed by atoms with van der Waals surface area (Å²) in [5.41, 5.74) is 0. The van der Waals surface area contributed by atoms with E-state index >= 15 is 0 Å². The lowest BCUT2D eigenvalue weighted by molar-refractivity contribution is -0.138. The van der Waals surface area contributed by atoms with Gasteiger partial charge in [0.15, 0.2) is 0 Å². The molecule has 2 N–H and O–H groups in total. The molecule has 0 aromatic carbocycles. The smallest absolute Gasteiger partial charge is 0.303 e. The fraction of sp³-hybridized carbons (Fsp3) is 0.889. The van der Waals surface area contributed by atoms with Crippen LogP contribution < -0.4 is 5.32 Å². The van der Waals surface area contributed by atoms with E-state index in [9.17, 15) is 4.79 Å². The van der Waals surface area contributed by atoms with E-state index in [4.69, 9.17) is 5.11 Å². The van der Waals surface area contributed by atoms with Gasteiger partial charge < -0.3 is 10.4 Å². The number of carboxylic acids is 1. The van der Waals surface area contributed by atoms with Gasteiger partial charge in [-0.15, -0.1) is 0 Å². The average molecular weight is 171 g/mol. The van der Waals surface area contributed by atoms with Crippen LogP contribution in [0.5, 0.6) is 0 Å². The Hall–Kier alpha value is -0.570. The van der Waals surface area contributed by atoms with Crippen LogP contribution in [-0.4, -0.2) is 24.2 Å². The Morgan fingerprint density at radius 1 is 1.75 bits per heavy atom. The normalized spacial score (nSPS) is 26.6. The van der Waals surface area contributed by atoms with Crippen LogP contribution in [0.3, 0.4) is 0 Å². The highest BCUT2D eigenvalue weighted by Gasteiger charge is 2.21. The average Bonchev–Trinajstić information content (AvgIpc) is 2.05. The summed E-state index contributed by atoms with van der Waals surface area (Å²) in [6.45, 7) is 4.12. The van der Waals surface area contributed by atoms with Gasteiger partial charge in [0, 0.05) is 6.42 Å². The van der Waals surface area contributed by atoms with Crippen LogP contribution in [-0.2, 0) is 4.79 Å². The maximum atomic E-state index is 10.4. The molecule has 0 amide bonds. The van der Waals surface area contributed by atoms with Crippen molar-refractivity contribution in [1.82, 2.24) is 5.32 Å². The molecule has 0 unspecified atom stereocenters. The van der Waals surface area contributed by atoms with Gasteiger partial charge in [-0.1, -0.05) is 6.92 Å². The summed E-state index contributed by atoms with van der Waals surface area (Å²) in [4.78, 5) is 10.4. The summed E-state index contributed by atoms with van der Waals surface area (Å²) in [5.74, 6) is 0.207. The molecule has 0 aliphatic carbocycles. The summed E-state index contributed by atoms with van der Waals surface area (Å²) in [5, 5.41) is 11.9. The third-order valence-corrected chi connectivity index (χ3v) is 2.64. The van der Waals surface area contributed by atoms with Gasteiger partial charge in [-0.2, -0.15) is 0 Å². The van der Waals surface area contributed by atoms with E-state index in [1.807, 2.05) is 6.92 Å². The zero-order chi connectivity index (χ0) is 8.97. The molecule has 0 aromatic rings. The quantitative estimate of drug-likeness (QED) is 0.668. The van der Waals surface area contributed by atoms with Crippen molar-refractivity contribution in [3.8, 4) is 0 Å². The molecule has 1 heterocycles. The number of carboxylic acid groups (broad SMARTS) is 1. The Bertz CT molecular complexity index is 153. The minimum Gasteiger partial charge on any atom is -0.481 e. The minimum absolute atomic E-state index is 0.312. The fourth-order valence-electron chi connectivity index (χ4n) is 1.81. The van der Waals surface area contributed by atoms with Crippen LogP contribution in [0.1, 0.15) is 26.2 Å². The van der Waals surface area contributed by atoms with E-state index in [1.165, 1.54) is 12.8 Å². The lowest BCUT2D eigenvalue weighted by Crippen LogP contribution is -2.33. The number of carbonyl (C=O) groups is 1. The first-order valence-electron chi connectivity index (χ1n) is 4.62. The Labute approximate surface area is 73.2 Å². The number of nitrogens with one attached hydrogen (secondary N) is 1. The monoisotopic (exact) mass is 171 g/mol. The molecular formula is C9H17NO2. The number of rotatable bonds is 3. The Morgan fingerprint density at radius 3 is 3.00 bits per heavy atom. The van der Waals surface area contributed by atoms with Gasteiger partial charge in [0.25, 0.3) is 0 Å². The maximum Gasteiger partial charge on any atom is 0.303 e. The van der Waals surface area contributed by atoms with Crippen molar-refractivity contribution >= 4 is 5.97 Å². The summed E-state index contributed by atoms with van der Waals surface area (Å²) in [7, 11) is 0. The highest BCUT2D eigenvalue weighted by Crippen LogP contribution is 2.22. The predicted octanol–water partition coefficient (Wildman–Crippen LogP) is 1.10. The predicted molar refractivity (Wildman–Crippen MR) is 47.0 cm³/mol. The lowest BCUT2D eigenvalue weighted by Gasteiger charge is -2.27. The molecule has 0 radical (unpaired) electrons. The van der Waals surface area contributed by atoms with Crippen LogP contribution in [0.2, 0.25) is 0 Å². The molecule has 1 aliphatic rings. The van der Waals surface area contributed by atoms with Gasteiger partial charge >= 0.3 is 5.97 Å². The van der Waals surface area contributed by atoms with Crippen LogP contribution in [0, 0.1) is 11.8 Å². The second-order valence-electron chi connectivity index (χ2n) is 3.68. The topological polar surface area (TPSA) is 49.3 Å². The Balaban J connectivity index is 2.29. The van der Waals surface area contributed by atoms with Crippen molar-refractivity contribution in [3.63, 3.8) is 0 Å². The van der Waals surface area contributed by atoms with Crippen molar-refractivity contribution in [3.05, 3.63) is 0 Å². The standard InChI is InChI=1S/C9H17NO2/c1-7(5-9(11)12)8-3-2-4-10-6-8/h7-8,10H,2-6H2,1H3,(H,11,12)/t7-,8-/m1/s1. The van der Waals surface area contributed by atoms with Gasteiger partial charge in [0.2, 0.25) is 0 Å². The van der Waals surface area contributed by atoms with Gasteiger partial charge in [-0.3, -0.25) is 4.79 Å². The summed E-state index contributed by atoms with van der Waals surface area (Å²) < 4.78 is 0. The number of aliphatic carboxylic acids is 1. The van der Waals surface area contributed by atoms with E-state index in [-0.39, 0.29) is 0 Å².